The summed E-state index contributed by atoms with van der Waals surface area (Å²) in [6.07, 6.45) is 0. The van der Waals surface area contributed by atoms with Gasteiger partial charge in [-0.2, -0.15) is 5.10 Å². The van der Waals surface area contributed by atoms with Gasteiger partial charge in [0.05, 0.1) is 11.4 Å². The first kappa shape index (κ1) is 18.0. The number of nitrogens with zero attached hydrogens (tertiary/aromatic N) is 2. The Hall–Kier alpha value is -1.34. The smallest absolute Gasteiger partial charge is 0.356 e. The maximum absolute atomic E-state index is 11.1. The van der Waals surface area contributed by atoms with Crippen LogP contribution in [0.1, 0.15) is 23.0 Å². The predicted octanol–water partition coefficient (Wildman–Crippen LogP) is 5.34. The second kappa shape index (κ2) is 7.49. The van der Waals surface area contributed by atoms with Crippen LogP contribution in [0.15, 0.2) is 33.8 Å². The zero-order valence-electron chi connectivity index (χ0n) is 11.6. The first-order valence-electron chi connectivity index (χ1n) is 6.15. The summed E-state index contributed by atoms with van der Waals surface area (Å²) in [6, 6.07) is 7.51. The lowest BCUT2D eigenvalue weighted by Gasteiger charge is -2.10. The summed E-state index contributed by atoms with van der Waals surface area (Å²) in [7, 11) is 0. The van der Waals surface area contributed by atoms with Crippen molar-refractivity contribution >= 4 is 68.1 Å². The summed E-state index contributed by atoms with van der Waals surface area (Å²) >= 11 is 21.2. The van der Waals surface area contributed by atoms with Crippen molar-refractivity contribution in [3.63, 3.8) is 0 Å². The number of anilines is 1. The van der Waals surface area contributed by atoms with Crippen molar-refractivity contribution in [2.24, 2.45) is 5.10 Å². The molecule has 0 aliphatic carbocycles. The summed E-state index contributed by atoms with van der Waals surface area (Å²) < 4.78 is 0.903. The van der Waals surface area contributed by atoms with Crippen LogP contribution in [0.2, 0.25) is 15.2 Å². The molecule has 0 amide bonds. The van der Waals surface area contributed by atoms with Gasteiger partial charge in [-0.15, -0.1) is 0 Å². The number of hydrogen-bond donors (Lipinski definition) is 2. The number of hydrazone groups is 1. The van der Waals surface area contributed by atoms with Gasteiger partial charge in [-0.25, -0.2) is 9.78 Å². The molecule has 1 aromatic carbocycles. The number of aromatic carboxylic acids is 1. The molecule has 0 saturated carbocycles. The van der Waals surface area contributed by atoms with Crippen molar-refractivity contribution in [3.05, 3.63) is 55.2 Å². The molecule has 9 heteroatoms. The second-order valence-electron chi connectivity index (χ2n) is 4.38. The van der Waals surface area contributed by atoms with Crippen molar-refractivity contribution in [3.8, 4) is 0 Å². The molecule has 5 nitrogen and oxygen atoms in total. The lowest BCUT2D eigenvalue weighted by Crippen LogP contribution is -2.06. The van der Waals surface area contributed by atoms with E-state index in [1.807, 2.05) is 24.3 Å². The van der Waals surface area contributed by atoms with Crippen LogP contribution >= 0.6 is 50.7 Å². The van der Waals surface area contributed by atoms with Crippen LogP contribution < -0.4 is 5.43 Å². The van der Waals surface area contributed by atoms with Crippen LogP contribution in [0.25, 0.3) is 0 Å². The van der Waals surface area contributed by atoms with E-state index in [0.717, 1.165) is 10.0 Å². The quantitative estimate of drug-likeness (QED) is 0.385. The third-order valence-electron chi connectivity index (χ3n) is 2.82. The molecule has 0 aliphatic heterocycles. The van der Waals surface area contributed by atoms with E-state index in [0.29, 0.717) is 5.71 Å². The van der Waals surface area contributed by atoms with E-state index in [4.69, 9.17) is 39.9 Å². The van der Waals surface area contributed by atoms with E-state index >= 15 is 0 Å². The number of halogens is 4. The number of pyridine rings is 1. The van der Waals surface area contributed by atoms with Gasteiger partial charge in [0.1, 0.15) is 10.0 Å². The molecule has 120 valence electrons. The number of carbonyl (C=O) groups is 1. The molecule has 1 aromatic heterocycles. The SMILES string of the molecule is C/C(=N\Nc1c(Cl)c(Cl)nc(C(=O)O)c1Cl)c1cccc(Br)c1. The molecule has 0 fully saturated rings. The normalized spacial score (nSPS) is 11.4. The van der Waals surface area contributed by atoms with E-state index in [1.54, 1.807) is 6.92 Å². The fourth-order valence-corrected chi connectivity index (χ4v) is 2.74. The molecule has 0 bridgehead atoms. The monoisotopic (exact) mass is 435 g/mol. The average molecular weight is 438 g/mol. The number of carboxylic acids is 1. The lowest BCUT2D eigenvalue weighted by molar-refractivity contribution is 0.0691. The van der Waals surface area contributed by atoms with E-state index in [9.17, 15) is 4.79 Å². The highest BCUT2D eigenvalue weighted by atomic mass is 79.9. The van der Waals surface area contributed by atoms with E-state index in [2.05, 4.69) is 31.4 Å². The molecular weight excluding hydrogens is 428 g/mol. The first-order valence-corrected chi connectivity index (χ1v) is 8.08. The largest absolute Gasteiger partial charge is 0.476 e. The van der Waals surface area contributed by atoms with Crippen LogP contribution in [0.4, 0.5) is 5.69 Å². The molecule has 2 rings (SSSR count). The van der Waals surface area contributed by atoms with E-state index in [-0.39, 0.29) is 20.9 Å². The molecule has 2 aromatic rings. The number of aromatic nitrogens is 1. The Balaban J connectivity index is 2.40. The zero-order valence-corrected chi connectivity index (χ0v) is 15.4. The number of benzene rings is 1. The maximum atomic E-state index is 11.1. The second-order valence-corrected chi connectivity index (χ2v) is 6.41. The summed E-state index contributed by atoms with van der Waals surface area (Å²) in [5, 5.41) is 12.9. The standard InChI is InChI=1S/C14H9BrCl3N3O2/c1-6(7-3-2-4-8(15)5-7)20-21-11-9(16)12(14(22)23)19-13(18)10(11)17/h2-5H,1H3,(H,19,21)(H,22,23)/b20-6+. The third-order valence-corrected chi connectivity index (χ3v) is 4.42. The van der Waals surface area contributed by atoms with Gasteiger partial charge in [0.15, 0.2) is 10.8 Å². The number of carboxylic acid groups (broad SMARTS) is 1. The van der Waals surface area contributed by atoms with Crippen molar-refractivity contribution < 1.29 is 9.90 Å². The topological polar surface area (TPSA) is 74.6 Å². The fraction of sp³-hybridized carbons (Fsp3) is 0.0714. The van der Waals surface area contributed by atoms with Gasteiger partial charge < -0.3 is 5.11 Å². The first-order chi connectivity index (χ1) is 10.8. The minimum Gasteiger partial charge on any atom is -0.476 e. The Morgan fingerprint density at radius 3 is 2.61 bits per heavy atom. The van der Waals surface area contributed by atoms with Crippen molar-refractivity contribution in [1.82, 2.24) is 4.98 Å². The molecular formula is C14H9BrCl3N3O2. The van der Waals surface area contributed by atoms with Crippen LogP contribution in [-0.2, 0) is 0 Å². The van der Waals surface area contributed by atoms with Crippen LogP contribution in [0.5, 0.6) is 0 Å². The summed E-state index contributed by atoms with van der Waals surface area (Å²) in [4.78, 5) is 14.8. The van der Waals surface area contributed by atoms with Crippen molar-refractivity contribution in [1.29, 1.82) is 0 Å². The Morgan fingerprint density at radius 1 is 1.30 bits per heavy atom. The lowest BCUT2D eigenvalue weighted by atomic mass is 10.1. The number of rotatable bonds is 4. The summed E-state index contributed by atoms with van der Waals surface area (Å²) in [6.45, 7) is 1.78. The van der Waals surface area contributed by atoms with Crippen LogP contribution in [0, 0.1) is 0 Å². The Labute approximate surface area is 155 Å². The Bertz CT molecular complexity index is 812. The highest BCUT2D eigenvalue weighted by Crippen LogP contribution is 2.36. The molecule has 2 N–H and O–H groups in total. The van der Waals surface area contributed by atoms with Gasteiger partial charge in [0, 0.05) is 4.47 Å². The van der Waals surface area contributed by atoms with Crippen LogP contribution in [0.3, 0.4) is 0 Å². The van der Waals surface area contributed by atoms with Gasteiger partial charge in [-0.3, -0.25) is 5.43 Å². The highest BCUT2D eigenvalue weighted by Gasteiger charge is 2.20. The average Bonchev–Trinajstić information content (AvgIpc) is 2.50. The van der Waals surface area contributed by atoms with E-state index < -0.39 is 11.7 Å². The number of hydrogen-bond acceptors (Lipinski definition) is 4. The molecule has 0 atom stereocenters. The molecule has 23 heavy (non-hydrogen) atoms. The third kappa shape index (κ3) is 4.14. The molecule has 1 heterocycles. The fourth-order valence-electron chi connectivity index (χ4n) is 1.67. The van der Waals surface area contributed by atoms with Crippen molar-refractivity contribution in [2.75, 3.05) is 5.43 Å². The summed E-state index contributed by atoms with van der Waals surface area (Å²) in [5.74, 6) is -1.32. The zero-order chi connectivity index (χ0) is 17.1. The van der Waals surface area contributed by atoms with E-state index in [1.165, 1.54) is 0 Å². The van der Waals surface area contributed by atoms with Gasteiger partial charge in [-0.1, -0.05) is 62.9 Å². The molecule has 0 unspecified atom stereocenters. The van der Waals surface area contributed by atoms with Crippen molar-refractivity contribution in [2.45, 2.75) is 6.92 Å². The van der Waals surface area contributed by atoms with Crippen LogP contribution in [-0.4, -0.2) is 21.8 Å². The molecule has 0 aliphatic rings. The summed E-state index contributed by atoms with van der Waals surface area (Å²) in [5.41, 5.74) is 3.84. The Morgan fingerprint density at radius 2 is 2.00 bits per heavy atom. The van der Waals surface area contributed by atoms with Gasteiger partial charge in [0.2, 0.25) is 0 Å². The highest BCUT2D eigenvalue weighted by molar-refractivity contribution is 9.10. The molecule has 0 spiro atoms. The van der Waals surface area contributed by atoms with Gasteiger partial charge >= 0.3 is 5.97 Å². The molecule has 0 saturated heterocycles. The molecule has 0 radical (unpaired) electrons. The number of nitrogens with one attached hydrogen (secondary N) is 1. The predicted molar refractivity (Wildman–Crippen MR) is 96.2 cm³/mol. The Kier molecular flexibility index (Phi) is 5.86. The van der Waals surface area contributed by atoms with Gasteiger partial charge in [0.25, 0.3) is 0 Å². The maximum Gasteiger partial charge on any atom is 0.356 e. The minimum absolute atomic E-state index is 0.00698. The minimum atomic E-state index is -1.32. The van der Waals surface area contributed by atoms with Gasteiger partial charge in [-0.05, 0) is 24.6 Å².